The SMILES string of the molecule is c1cc(N2CCOCC2)ccc1Nc1ccc2c(C3CCNCC3)c[nH]c2c1. The number of nitrogens with zero attached hydrogens (tertiary/aromatic N) is 1. The number of aromatic nitrogens is 1. The van der Waals surface area contributed by atoms with E-state index in [0.717, 1.165) is 50.8 Å². The highest BCUT2D eigenvalue weighted by atomic mass is 16.5. The number of anilines is 3. The molecule has 2 saturated heterocycles. The topological polar surface area (TPSA) is 52.3 Å². The fourth-order valence-corrected chi connectivity index (χ4v) is 4.44. The van der Waals surface area contributed by atoms with Gasteiger partial charge in [-0.15, -0.1) is 0 Å². The summed E-state index contributed by atoms with van der Waals surface area (Å²) in [6, 6.07) is 15.4. The maximum absolute atomic E-state index is 5.44. The lowest BCUT2D eigenvalue weighted by molar-refractivity contribution is 0.122. The molecule has 0 spiro atoms. The molecule has 0 atom stereocenters. The Morgan fingerprint density at radius 2 is 1.68 bits per heavy atom. The van der Waals surface area contributed by atoms with Crippen molar-refractivity contribution in [1.29, 1.82) is 0 Å². The summed E-state index contributed by atoms with van der Waals surface area (Å²) in [5, 5.41) is 8.36. The summed E-state index contributed by atoms with van der Waals surface area (Å²) >= 11 is 0. The molecule has 2 fully saturated rings. The second kappa shape index (κ2) is 7.86. The van der Waals surface area contributed by atoms with Gasteiger partial charge in [-0.05, 0) is 73.8 Å². The van der Waals surface area contributed by atoms with Gasteiger partial charge in [0.2, 0.25) is 0 Å². The van der Waals surface area contributed by atoms with Crippen LogP contribution in [0, 0.1) is 0 Å². The van der Waals surface area contributed by atoms with Crippen LogP contribution in [-0.2, 0) is 4.74 Å². The molecule has 2 aliphatic heterocycles. The van der Waals surface area contributed by atoms with Gasteiger partial charge in [0.05, 0.1) is 13.2 Å². The molecule has 1 aromatic heterocycles. The van der Waals surface area contributed by atoms with Crippen molar-refractivity contribution in [2.24, 2.45) is 0 Å². The number of piperidine rings is 1. The third-order valence-electron chi connectivity index (χ3n) is 6.02. The lowest BCUT2D eigenvalue weighted by Gasteiger charge is -2.28. The number of aromatic amines is 1. The van der Waals surface area contributed by atoms with Gasteiger partial charge in [-0.25, -0.2) is 0 Å². The molecule has 28 heavy (non-hydrogen) atoms. The zero-order chi connectivity index (χ0) is 18.8. The van der Waals surface area contributed by atoms with E-state index in [1.165, 1.54) is 35.0 Å². The van der Waals surface area contributed by atoms with Gasteiger partial charge in [0.1, 0.15) is 0 Å². The number of rotatable bonds is 4. The minimum atomic E-state index is 0.668. The van der Waals surface area contributed by atoms with Gasteiger partial charge in [-0.3, -0.25) is 0 Å². The predicted molar refractivity (Wildman–Crippen MR) is 116 cm³/mol. The molecule has 0 amide bonds. The Labute approximate surface area is 166 Å². The Morgan fingerprint density at radius 3 is 2.46 bits per heavy atom. The summed E-state index contributed by atoms with van der Waals surface area (Å²) < 4.78 is 5.44. The van der Waals surface area contributed by atoms with Gasteiger partial charge in [0, 0.05) is 47.3 Å². The zero-order valence-electron chi connectivity index (χ0n) is 16.2. The van der Waals surface area contributed by atoms with Crippen LogP contribution < -0.4 is 15.5 Å². The van der Waals surface area contributed by atoms with Gasteiger partial charge in [-0.2, -0.15) is 0 Å². The van der Waals surface area contributed by atoms with Crippen molar-refractivity contribution in [3.63, 3.8) is 0 Å². The quantitative estimate of drug-likeness (QED) is 0.638. The van der Waals surface area contributed by atoms with Crippen LogP contribution in [0.3, 0.4) is 0 Å². The van der Waals surface area contributed by atoms with Crippen molar-refractivity contribution >= 4 is 28.0 Å². The van der Waals surface area contributed by atoms with Crippen LogP contribution in [0.5, 0.6) is 0 Å². The van der Waals surface area contributed by atoms with E-state index < -0.39 is 0 Å². The maximum atomic E-state index is 5.44. The van der Waals surface area contributed by atoms with Crippen molar-refractivity contribution in [1.82, 2.24) is 10.3 Å². The van der Waals surface area contributed by atoms with Gasteiger partial charge in [0.25, 0.3) is 0 Å². The fourth-order valence-electron chi connectivity index (χ4n) is 4.44. The molecule has 5 heteroatoms. The average Bonchev–Trinajstić information content (AvgIpc) is 3.19. The highest BCUT2D eigenvalue weighted by molar-refractivity contribution is 5.87. The monoisotopic (exact) mass is 376 g/mol. The largest absolute Gasteiger partial charge is 0.378 e. The third kappa shape index (κ3) is 3.60. The first-order chi connectivity index (χ1) is 13.9. The highest BCUT2D eigenvalue weighted by Gasteiger charge is 2.18. The number of hydrogen-bond donors (Lipinski definition) is 3. The van der Waals surface area contributed by atoms with E-state index in [9.17, 15) is 0 Å². The van der Waals surface area contributed by atoms with Crippen LogP contribution >= 0.6 is 0 Å². The molecule has 3 aromatic rings. The summed E-state index contributed by atoms with van der Waals surface area (Å²) in [6.07, 6.45) is 4.66. The molecular formula is C23H28N4O. The van der Waals surface area contributed by atoms with E-state index in [0.29, 0.717) is 5.92 Å². The molecule has 146 valence electrons. The van der Waals surface area contributed by atoms with Crippen LogP contribution in [0.1, 0.15) is 24.3 Å². The summed E-state index contributed by atoms with van der Waals surface area (Å²) in [5.74, 6) is 0.668. The van der Waals surface area contributed by atoms with Crippen molar-refractivity contribution < 1.29 is 4.74 Å². The lowest BCUT2D eigenvalue weighted by atomic mass is 9.90. The Bertz CT molecular complexity index is 921. The number of fused-ring (bicyclic) bond motifs is 1. The van der Waals surface area contributed by atoms with Crippen molar-refractivity contribution in [3.05, 3.63) is 54.2 Å². The molecule has 5 rings (SSSR count). The summed E-state index contributed by atoms with van der Waals surface area (Å²) in [5.41, 5.74) is 6.17. The minimum absolute atomic E-state index is 0.668. The predicted octanol–water partition coefficient (Wildman–Crippen LogP) is 4.22. The molecule has 0 unspecified atom stereocenters. The van der Waals surface area contributed by atoms with Crippen molar-refractivity contribution in [2.75, 3.05) is 49.6 Å². The smallest absolute Gasteiger partial charge is 0.0642 e. The molecule has 3 N–H and O–H groups in total. The Kier molecular flexibility index (Phi) is 4.93. The van der Waals surface area contributed by atoms with E-state index in [1.54, 1.807) is 0 Å². The summed E-state index contributed by atoms with van der Waals surface area (Å²) in [7, 11) is 0. The molecule has 0 bridgehead atoms. The molecule has 2 aliphatic rings. The van der Waals surface area contributed by atoms with Crippen LogP contribution in [0.25, 0.3) is 10.9 Å². The third-order valence-corrected chi connectivity index (χ3v) is 6.02. The molecule has 0 aliphatic carbocycles. The summed E-state index contributed by atoms with van der Waals surface area (Å²) in [4.78, 5) is 5.86. The zero-order valence-corrected chi connectivity index (χ0v) is 16.2. The van der Waals surface area contributed by atoms with Crippen LogP contribution in [0.2, 0.25) is 0 Å². The van der Waals surface area contributed by atoms with E-state index >= 15 is 0 Å². The highest BCUT2D eigenvalue weighted by Crippen LogP contribution is 2.33. The molecule has 2 aromatic carbocycles. The number of hydrogen-bond acceptors (Lipinski definition) is 4. The number of ether oxygens (including phenoxy) is 1. The Morgan fingerprint density at radius 1 is 0.929 bits per heavy atom. The van der Waals surface area contributed by atoms with E-state index in [4.69, 9.17) is 4.74 Å². The number of morpholine rings is 1. The molecule has 3 heterocycles. The molecular weight excluding hydrogens is 348 g/mol. The first kappa shape index (κ1) is 17.6. The van der Waals surface area contributed by atoms with Gasteiger partial charge < -0.3 is 25.3 Å². The van der Waals surface area contributed by atoms with E-state index in [-0.39, 0.29) is 0 Å². The van der Waals surface area contributed by atoms with E-state index in [2.05, 4.69) is 69.2 Å². The van der Waals surface area contributed by atoms with E-state index in [1.807, 2.05) is 0 Å². The van der Waals surface area contributed by atoms with Gasteiger partial charge >= 0.3 is 0 Å². The Hall–Kier alpha value is -2.50. The normalized spacial score (nSPS) is 18.5. The van der Waals surface area contributed by atoms with Crippen molar-refractivity contribution in [2.45, 2.75) is 18.8 Å². The first-order valence-corrected chi connectivity index (χ1v) is 10.4. The fraction of sp³-hybridized carbons (Fsp3) is 0.391. The lowest BCUT2D eigenvalue weighted by Crippen LogP contribution is -2.36. The molecule has 5 nitrogen and oxygen atoms in total. The Balaban J connectivity index is 1.31. The van der Waals surface area contributed by atoms with Crippen LogP contribution in [0.4, 0.5) is 17.1 Å². The number of benzene rings is 2. The van der Waals surface area contributed by atoms with Gasteiger partial charge in [0.15, 0.2) is 0 Å². The van der Waals surface area contributed by atoms with Crippen molar-refractivity contribution in [3.8, 4) is 0 Å². The number of H-pyrrole nitrogens is 1. The number of nitrogens with one attached hydrogen (secondary N) is 3. The van der Waals surface area contributed by atoms with Gasteiger partial charge in [-0.1, -0.05) is 6.07 Å². The molecule has 0 radical (unpaired) electrons. The standard InChI is InChI=1S/C23H28N4O/c1-4-20(27-11-13-28-14-12-27)5-2-18(1)26-19-3-6-21-22(16-25-23(21)15-19)17-7-9-24-10-8-17/h1-6,15-17,24-26H,7-14H2. The average molecular weight is 377 g/mol. The first-order valence-electron chi connectivity index (χ1n) is 10.4. The minimum Gasteiger partial charge on any atom is -0.378 e. The second-order valence-corrected chi connectivity index (χ2v) is 7.80. The summed E-state index contributed by atoms with van der Waals surface area (Å²) in [6.45, 7) is 5.81. The maximum Gasteiger partial charge on any atom is 0.0642 e. The molecule has 0 saturated carbocycles. The van der Waals surface area contributed by atoms with Crippen LogP contribution in [-0.4, -0.2) is 44.4 Å². The second-order valence-electron chi connectivity index (χ2n) is 7.80. The van der Waals surface area contributed by atoms with Crippen LogP contribution in [0.15, 0.2) is 48.7 Å².